The fourth-order valence-electron chi connectivity index (χ4n) is 1.01. The fraction of sp³-hybridized carbons (Fsp3) is 0.714. The number of aliphatic imine (C=N–C) groups is 1. The molecule has 4 heteroatoms. The second-order valence-corrected chi connectivity index (χ2v) is 2.50. The molecular weight excluding hydrogens is 144 g/mol. The van der Waals surface area contributed by atoms with Gasteiger partial charge in [-0.25, -0.2) is 0 Å². The van der Waals surface area contributed by atoms with E-state index in [0.717, 1.165) is 0 Å². The molecule has 0 aromatic heterocycles. The molecule has 11 heavy (non-hydrogen) atoms. The van der Waals surface area contributed by atoms with Crippen LogP contribution in [0.1, 0.15) is 13.3 Å². The van der Waals surface area contributed by atoms with Crippen molar-refractivity contribution >= 4 is 11.7 Å². The van der Waals surface area contributed by atoms with E-state index >= 15 is 0 Å². The summed E-state index contributed by atoms with van der Waals surface area (Å²) in [6.45, 7) is 2.36. The van der Waals surface area contributed by atoms with Crippen LogP contribution in [0.4, 0.5) is 0 Å². The minimum Gasteiger partial charge on any atom is -0.385 e. The van der Waals surface area contributed by atoms with Crippen molar-refractivity contribution in [2.45, 2.75) is 19.4 Å². The molecule has 4 nitrogen and oxygen atoms in total. The van der Waals surface area contributed by atoms with Gasteiger partial charge in [0.05, 0.1) is 0 Å². The van der Waals surface area contributed by atoms with Crippen LogP contribution in [0, 0.1) is 0 Å². The van der Waals surface area contributed by atoms with Crippen molar-refractivity contribution in [3.8, 4) is 0 Å². The van der Waals surface area contributed by atoms with Crippen molar-refractivity contribution in [1.29, 1.82) is 0 Å². The number of amidine groups is 1. The van der Waals surface area contributed by atoms with Crippen molar-refractivity contribution < 1.29 is 9.53 Å². The molecule has 1 amide bonds. The second kappa shape index (κ2) is 3.48. The Morgan fingerprint density at radius 1 is 1.73 bits per heavy atom. The summed E-state index contributed by atoms with van der Waals surface area (Å²) >= 11 is 0. The summed E-state index contributed by atoms with van der Waals surface area (Å²) in [5, 5.41) is 2.63. The lowest BCUT2D eigenvalue weighted by atomic mass is 10.2. The van der Waals surface area contributed by atoms with Crippen LogP contribution in [0.25, 0.3) is 0 Å². The summed E-state index contributed by atoms with van der Waals surface area (Å²) in [4.78, 5) is 15.1. The first kappa shape index (κ1) is 8.20. The molecular formula is C7H12N2O2. The zero-order chi connectivity index (χ0) is 8.27. The third-order valence-corrected chi connectivity index (χ3v) is 1.55. The Kier molecular flexibility index (Phi) is 2.59. The monoisotopic (exact) mass is 156 g/mol. The van der Waals surface area contributed by atoms with Crippen LogP contribution < -0.4 is 5.32 Å². The third kappa shape index (κ3) is 2.01. The molecule has 1 aliphatic rings. The predicted octanol–water partition coefficient (Wildman–Crippen LogP) is -0.0603. The van der Waals surface area contributed by atoms with Crippen LogP contribution in [0.2, 0.25) is 0 Å². The lowest BCUT2D eigenvalue weighted by Gasteiger charge is -2.01. The van der Waals surface area contributed by atoms with E-state index in [1.54, 1.807) is 14.0 Å². The quantitative estimate of drug-likeness (QED) is 0.622. The van der Waals surface area contributed by atoms with Gasteiger partial charge < -0.3 is 10.1 Å². The highest BCUT2D eigenvalue weighted by molar-refractivity contribution is 6.04. The highest BCUT2D eigenvalue weighted by atomic mass is 16.5. The number of carbonyl (C=O) groups is 1. The number of ether oxygens (including phenoxy) is 1. The predicted molar refractivity (Wildman–Crippen MR) is 41.5 cm³/mol. The van der Waals surface area contributed by atoms with Crippen LogP contribution >= 0.6 is 0 Å². The molecule has 1 N–H and O–H groups in total. The average Bonchev–Trinajstić information content (AvgIpc) is 2.26. The summed E-state index contributed by atoms with van der Waals surface area (Å²) in [6, 6.07) is -0.227. The van der Waals surface area contributed by atoms with E-state index in [0.29, 0.717) is 18.9 Å². The Bertz CT molecular complexity index is 189. The smallest absolute Gasteiger partial charge is 0.250 e. The Balaban J connectivity index is 2.39. The first-order valence-electron chi connectivity index (χ1n) is 3.58. The van der Waals surface area contributed by atoms with Gasteiger partial charge in [-0.3, -0.25) is 9.79 Å². The maximum atomic E-state index is 11.0. The molecule has 0 saturated carbocycles. The molecule has 0 fully saturated rings. The Morgan fingerprint density at radius 3 is 2.91 bits per heavy atom. The average molecular weight is 156 g/mol. The van der Waals surface area contributed by atoms with E-state index in [9.17, 15) is 4.79 Å². The van der Waals surface area contributed by atoms with Gasteiger partial charge in [-0.05, 0) is 6.92 Å². The van der Waals surface area contributed by atoms with E-state index in [1.807, 2.05) is 0 Å². The molecule has 0 saturated heterocycles. The summed E-state index contributed by atoms with van der Waals surface area (Å²) in [7, 11) is 1.61. The molecule has 0 spiro atoms. The maximum absolute atomic E-state index is 11.0. The van der Waals surface area contributed by atoms with Gasteiger partial charge in [0.25, 0.3) is 0 Å². The first-order chi connectivity index (χ1) is 5.24. The minimum atomic E-state index is -0.227. The van der Waals surface area contributed by atoms with Gasteiger partial charge in [-0.1, -0.05) is 0 Å². The Labute approximate surface area is 65.6 Å². The molecule has 0 aliphatic carbocycles. The normalized spacial score (nSPS) is 23.3. The van der Waals surface area contributed by atoms with Crippen molar-refractivity contribution in [2.75, 3.05) is 13.7 Å². The molecule has 1 atom stereocenters. The summed E-state index contributed by atoms with van der Waals surface area (Å²) in [5.74, 6) is 0.690. The van der Waals surface area contributed by atoms with Crippen molar-refractivity contribution in [2.24, 2.45) is 4.99 Å². The number of nitrogens with one attached hydrogen (secondary N) is 1. The van der Waals surface area contributed by atoms with Crippen molar-refractivity contribution in [3.63, 3.8) is 0 Å². The lowest BCUT2D eigenvalue weighted by molar-refractivity contribution is -0.120. The molecule has 0 aromatic carbocycles. The number of hydrogen-bond donors (Lipinski definition) is 1. The number of methoxy groups -OCH3 is 1. The van der Waals surface area contributed by atoms with Crippen LogP contribution in [-0.4, -0.2) is 31.5 Å². The van der Waals surface area contributed by atoms with Gasteiger partial charge in [-0.2, -0.15) is 0 Å². The van der Waals surface area contributed by atoms with Crippen LogP contribution in [-0.2, 0) is 9.53 Å². The van der Waals surface area contributed by atoms with Gasteiger partial charge in [0.15, 0.2) is 0 Å². The highest BCUT2D eigenvalue weighted by Gasteiger charge is 2.22. The minimum absolute atomic E-state index is 0.0143. The molecule has 62 valence electrons. The number of carbonyl (C=O) groups excluding carboxylic acids is 1. The van der Waals surface area contributed by atoms with Gasteiger partial charge in [0, 0.05) is 20.1 Å². The van der Waals surface area contributed by atoms with Crippen LogP contribution in [0.5, 0.6) is 0 Å². The maximum Gasteiger partial charge on any atom is 0.250 e. The Morgan fingerprint density at radius 2 is 2.45 bits per heavy atom. The van der Waals surface area contributed by atoms with Crippen molar-refractivity contribution in [3.05, 3.63) is 0 Å². The zero-order valence-corrected chi connectivity index (χ0v) is 6.76. The third-order valence-electron chi connectivity index (χ3n) is 1.55. The van der Waals surface area contributed by atoms with E-state index in [-0.39, 0.29) is 11.9 Å². The number of amides is 1. The molecule has 1 aliphatic heterocycles. The molecule has 0 aromatic rings. The zero-order valence-electron chi connectivity index (χ0n) is 6.76. The SMILES string of the molecule is COCCC1N=C(C)NC1=O. The largest absolute Gasteiger partial charge is 0.385 e. The second-order valence-electron chi connectivity index (χ2n) is 2.50. The number of nitrogens with zero attached hydrogens (tertiary/aromatic N) is 1. The standard InChI is InChI=1S/C7H12N2O2/c1-5-8-6(3-4-11-2)7(10)9-5/h6H,3-4H2,1-2H3,(H,8,9,10). The topological polar surface area (TPSA) is 50.7 Å². The molecule has 1 heterocycles. The van der Waals surface area contributed by atoms with Crippen LogP contribution in [0.15, 0.2) is 4.99 Å². The number of hydrogen-bond acceptors (Lipinski definition) is 3. The summed E-state index contributed by atoms with van der Waals surface area (Å²) < 4.78 is 4.84. The summed E-state index contributed by atoms with van der Waals surface area (Å²) in [5.41, 5.74) is 0. The van der Waals surface area contributed by atoms with E-state index in [4.69, 9.17) is 4.74 Å². The van der Waals surface area contributed by atoms with E-state index < -0.39 is 0 Å². The van der Waals surface area contributed by atoms with Gasteiger partial charge in [0.1, 0.15) is 11.9 Å². The highest BCUT2D eigenvalue weighted by Crippen LogP contribution is 2.04. The van der Waals surface area contributed by atoms with E-state index in [2.05, 4.69) is 10.3 Å². The number of rotatable bonds is 3. The van der Waals surface area contributed by atoms with Gasteiger partial charge in [-0.15, -0.1) is 0 Å². The molecule has 1 unspecified atom stereocenters. The first-order valence-corrected chi connectivity index (χ1v) is 3.58. The fourth-order valence-corrected chi connectivity index (χ4v) is 1.01. The van der Waals surface area contributed by atoms with Crippen LogP contribution in [0.3, 0.4) is 0 Å². The van der Waals surface area contributed by atoms with E-state index in [1.165, 1.54) is 0 Å². The molecule has 1 rings (SSSR count). The lowest BCUT2D eigenvalue weighted by Crippen LogP contribution is -2.28. The Hall–Kier alpha value is -0.900. The molecule has 0 radical (unpaired) electrons. The van der Waals surface area contributed by atoms with Gasteiger partial charge in [0.2, 0.25) is 5.91 Å². The summed E-state index contributed by atoms with van der Waals surface area (Å²) in [6.07, 6.45) is 0.666. The molecule has 0 bridgehead atoms. The van der Waals surface area contributed by atoms with Crippen molar-refractivity contribution in [1.82, 2.24) is 5.32 Å². The van der Waals surface area contributed by atoms with Gasteiger partial charge >= 0.3 is 0 Å².